The van der Waals surface area contributed by atoms with Gasteiger partial charge >= 0.3 is 5.97 Å². The molecule has 2 saturated heterocycles. The summed E-state index contributed by atoms with van der Waals surface area (Å²) in [4.78, 5) is 48.1. The number of rotatable bonds is 9. The van der Waals surface area contributed by atoms with Crippen LogP contribution in [0.25, 0.3) is 0 Å². The third-order valence-corrected chi connectivity index (χ3v) is 7.42. The number of thioether (sulfide) groups is 1. The first-order valence-electron chi connectivity index (χ1n) is 9.51. The van der Waals surface area contributed by atoms with Gasteiger partial charge in [-0.25, -0.2) is 4.98 Å². The van der Waals surface area contributed by atoms with Gasteiger partial charge in [-0.05, 0) is 6.42 Å². The van der Waals surface area contributed by atoms with E-state index in [1.54, 1.807) is 5.38 Å². The second kappa shape index (κ2) is 9.24. The molecule has 3 unspecified atom stereocenters. The molecule has 3 heterocycles. The van der Waals surface area contributed by atoms with Gasteiger partial charge in [-0.1, -0.05) is 18.2 Å². The molecule has 4 atom stereocenters. The number of nitrogens with zero attached hydrogens (tertiary/aromatic N) is 3. The Morgan fingerprint density at radius 1 is 1.61 bits per heavy atom. The number of fused-ring (bicyclic) bond motifs is 1. The molecule has 0 saturated carbocycles. The maximum atomic E-state index is 12.9. The molecule has 6 N–H and O–H groups in total. The Morgan fingerprint density at radius 2 is 2.35 bits per heavy atom. The van der Waals surface area contributed by atoms with E-state index < -0.39 is 23.3 Å². The zero-order chi connectivity index (χ0) is 22.8. The van der Waals surface area contributed by atoms with Crippen molar-refractivity contribution in [2.75, 3.05) is 24.6 Å². The molecule has 2 aliphatic rings. The second-order valence-corrected chi connectivity index (χ2v) is 9.16. The number of hydrogen-bond donors (Lipinski definition) is 4. The number of carboxylic acid groups (broad SMARTS) is 1. The van der Waals surface area contributed by atoms with Crippen molar-refractivity contribution in [2.45, 2.75) is 30.9 Å². The molecule has 2 fully saturated rings. The van der Waals surface area contributed by atoms with Crippen LogP contribution in [0.3, 0.4) is 0 Å². The van der Waals surface area contributed by atoms with Gasteiger partial charge in [-0.2, -0.15) is 0 Å². The molecule has 13 heteroatoms. The number of aromatic nitrogens is 1. The molecular weight excluding hydrogens is 444 g/mol. The van der Waals surface area contributed by atoms with Crippen LogP contribution < -0.4 is 16.8 Å². The van der Waals surface area contributed by atoms with Crippen molar-refractivity contribution in [1.29, 1.82) is 0 Å². The smallest absolute Gasteiger partial charge is 0.316 e. The number of anilines is 1. The Kier molecular flexibility index (Phi) is 6.86. The van der Waals surface area contributed by atoms with Crippen LogP contribution in [0.2, 0.25) is 0 Å². The summed E-state index contributed by atoms with van der Waals surface area (Å²) < 4.78 is 0. The highest BCUT2D eigenvalue weighted by atomic mass is 32.2. The number of nitrogens with one attached hydrogen (secondary N) is 1. The molecular formula is C18H24N6O5S2. The first-order chi connectivity index (χ1) is 14.8. The topological polar surface area (TPSA) is 173 Å². The average Bonchev–Trinajstić information content (AvgIpc) is 3.19. The van der Waals surface area contributed by atoms with Crippen LogP contribution in [-0.2, 0) is 19.2 Å². The van der Waals surface area contributed by atoms with Crippen LogP contribution in [0, 0.1) is 5.41 Å². The fourth-order valence-corrected chi connectivity index (χ4v) is 5.24. The van der Waals surface area contributed by atoms with Gasteiger partial charge < -0.3 is 31.6 Å². The van der Waals surface area contributed by atoms with Crippen molar-refractivity contribution in [1.82, 2.24) is 15.2 Å². The minimum absolute atomic E-state index is 0.00998. The zero-order valence-electron chi connectivity index (χ0n) is 16.8. The Hall–Kier alpha value is -2.64. The number of carbonyl (C=O) groups is 3. The summed E-state index contributed by atoms with van der Waals surface area (Å²) in [6.07, 6.45) is 1.57. The summed E-state index contributed by atoms with van der Waals surface area (Å²) in [6, 6.07) is -0.813. The molecule has 2 amide bonds. The predicted molar refractivity (Wildman–Crippen MR) is 117 cm³/mol. The summed E-state index contributed by atoms with van der Waals surface area (Å²) in [6.45, 7) is 5.71. The number of nitrogen functional groups attached to an aromatic ring is 1. The lowest BCUT2D eigenvalue weighted by Crippen LogP contribution is -2.73. The lowest BCUT2D eigenvalue weighted by atomic mass is 9.87. The number of thiazole rings is 1. The van der Waals surface area contributed by atoms with Crippen molar-refractivity contribution < 1.29 is 24.3 Å². The Labute approximate surface area is 186 Å². The summed E-state index contributed by atoms with van der Waals surface area (Å²) >= 11 is 2.42. The first kappa shape index (κ1) is 23.0. The van der Waals surface area contributed by atoms with Crippen LogP contribution in [0.5, 0.6) is 0 Å². The molecule has 1 aromatic rings. The number of carboxylic acids is 1. The minimum Gasteiger partial charge on any atom is -0.481 e. The van der Waals surface area contributed by atoms with Crippen molar-refractivity contribution in [2.24, 2.45) is 16.3 Å². The first-order valence-corrected chi connectivity index (χ1v) is 11.4. The fraction of sp³-hybridized carbons (Fsp3) is 0.500. The number of amides is 2. The van der Waals surface area contributed by atoms with Crippen LogP contribution in [0.1, 0.15) is 19.0 Å². The third kappa shape index (κ3) is 4.38. The van der Waals surface area contributed by atoms with Crippen LogP contribution >= 0.6 is 23.1 Å². The van der Waals surface area contributed by atoms with Crippen molar-refractivity contribution >= 4 is 51.7 Å². The van der Waals surface area contributed by atoms with Gasteiger partial charge in [0.15, 0.2) is 10.8 Å². The van der Waals surface area contributed by atoms with Crippen LogP contribution in [-0.4, -0.2) is 74.8 Å². The minimum atomic E-state index is -1.21. The van der Waals surface area contributed by atoms with Crippen molar-refractivity contribution in [3.63, 3.8) is 0 Å². The van der Waals surface area contributed by atoms with Crippen LogP contribution in [0.4, 0.5) is 5.13 Å². The summed E-state index contributed by atoms with van der Waals surface area (Å²) in [5, 5.41) is 17.6. The standard InChI is InChI=1S/C18H24N6O5S2/c1-3-9(5-19)29-23-11(10-6-30-17(20)21-10)13(25)22-12-14(26)24-7-18(4-2,16(27)28)8-31-15(12)24/h4,6,9,12,15H,2-3,5,7-8,19H2,1H3,(H2,20,21)(H,22,25)(H,27,28)/t9?,12?,15-,18?/m1/s1. The molecule has 0 radical (unpaired) electrons. The highest BCUT2D eigenvalue weighted by molar-refractivity contribution is 8.00. The van der Waals surface area contributed by atoms with E-state index in [-0.39, 0.29) is 52.8 Å². The van der Waals surface area contributed by atoms with E-state index in [4.69, 9.17) is 16.3 Å². The molecule has 0 bridgehead atoms. The molecule has 11 nitrogen and oxygen atoms in total. The lowest BCUT2D eigenvalue weighted by Gasteiger charge is -2.53. The van der Waals surface area contributed by atoms with E-state index in [1.165, 1.54) is 22.7 Å². The highest BCUT2D eigenvalue weighted by Crippen LogP contribution is 2.42. The van der Waals surface area contributed by atoms with E-state index in [0.29, 0.717) is 6.42 Å². The molecule has 168 valence electrons. The Morgan fingerprint density at radius 3 is 2.90 bits per heavy atom. The van der Waals surface area contributed by atoms with Gasteiger partial charge in [0.2, 0.25) is 5.91 Å². The molecule has 0 spiro atoms. The van der Waals surface area contributed by atoms with E-state index in [9.17, 15) is 19.5 Å². The van der Waals surface area contributed by atoms with Gasteiger partial charge in [-0.15, -0.1) is 29.7 Å². The Bertz CT molecular complexity index is 917. The van der Waals surface area contributed by atoms with Crippen molar-refractivity contribution in [3.05, 3.63) is 23.7 Å². The normalized spacial score (nSPS) is 26.5. The summed E-state index contributed by atoms with van der Waals surface area (Å²) in [5.74, 6) is -1.81. The molecule has 2 aliphatic heterocycles. The second-order valence-electron chi connectivity index (χ2n) is 7.17. The van der Waals surface area contributed by atoms with Gasteiger partial charge in [0.25, 0.3) is 5.91 Å². The van der Waals surface area contributed by atoms with Gasteiger partial charge in [0.05, 0.1) is 0 Å². The lowest BCUT2D eigenvalue weighted by molar-refractivity contribution is -0.156. The number of oxime groups is 1. The van der Waals surface area contributed by atoms with Gasteiger partial charge in [-0.3, -0.25) is 14.4 Å². The monoisotopic (exact) mass is 468 g/mol. The number of hydrogen-bond acceptors (Lipinski definition) is 10. The van der Waals surface area contributed by atoms with E-state index >= 15 is 0 Å². The quantitative estimate of drug-likeness (QED) is 0.166. The Balaban J connectivity index is 1.74. The van der Waals surface area contributed by atoms with E-state index in [1.807, 2.05) is 6.92 Å². The maximum absolute atomic E-state index is 12.9. The average molecular weight is 469 g/mol. The molecule has 1 aromatic heterocycles. The third-order valence-electron chi connectivity index (χ3n) is 5.20. The van der Waals surface area contributed by atoms with E-state index in [0.717, 1.165) is 11.3 Å². The van der Waals surface area contributed by atoms with Gasteiger partial charge in [0.1, 0.15) is 28.6 Å². The van der Waals surface area contributed by atoms with E-state index in [2.05, 4.69) is 22.0 Å². The van der Waals surface area contributed by atoms with Gasteiger partial charge in [0, 0.05) is 24.2 Å². The largest absolute Gasteiger partial charge is 0.481 e. The fourth-order valence-electron chi connectivity index (χ4n) is 3.16. The molecule has 0 aliphatic carbocycles. The SMILES string of the molecule is C=CC1(C(=O)O)CS[C@@H]2C(NC(=O)C(=NOC(CC)CN)c3csc(N)n3)C(=O)N2C1. The molecule has 0 aromatic carbocycles. The van der Waals surface area contributed by atoms with Crippen LogP contribution in [0.15, 0.2) is 23.2 Å². The van der Waals surface area contributed by atoms with Crippen molar-refractivity contribution in [3.8, 4) is 0 Å². The number of carbonyl (C=O) groups excluding carboxylic acids is 2. The predicted octanol–water partition coefficient (Wildman–Crippen LogP) is -0.160. The number of aliphatic carboxylic acids is 1. The summed E-state index contributed by atoms with van der Waals surface area (Å²) in [7, 11) is 0. The summed E-state index contributed by atoms with van der Waals surface area (Å²) in [5.41, 5.74) is 10.2. The molecule has 3 rings (SSSR count). The highest BCUT2D eigenvalue weighted by Gasteiger charge is 2.56. The zero-order valence-corrected chi connectivity index (χ0v) is 18.4. The number of β-lactam (4-membered cyclic amide) rings is 1. The molecule has 31 heavy (non-hydrogen) atoms. The maximum Gasteiger partial charge on any atom is 0.316 e. The number of nitrogens with two attached hydrogens (primary N) is 2.